The Morgan fingerprint density at radius 2 is 1.88 bits per heavy atom. The van der Waals surface area contributed by atoms with Gasteiger partial charge in [0.25, 0.3) is 11.8 Å². The van der Waals surface area contributed by atoms with Crippen molar-refractivity contribution in [1.29, 1.82) is 0 Å². The number of carbonyl (C=O) groups excluding carboxylic acids is 2. The smallest absolute Gasteiger partial charge is 0.252 e. The first-order chi connectivity index (χ1) is 12.5. The second kappa shape index (κ2) is 8.01. The first-order valence-corrected chi connectivity index (χ1v) is 8.51. The summed E-state index contributed by atoms with van der Waals surface area (Å²) in [4.78, 5) is 29.9. The van der Waals surface area contributed by atoms with Gasteiger partial charge in [0.05, 0.1) is 11.1 Å². The van der Waals surface area contributed by atoms with Gasteiger partial charge in [0.15, 0.2) is 5.17 Å². The highest BCUT2D eigenvalue weighted by Crippen LogP contribution is 2.12. The van der Waals surface area contributed by atoms with Crippen LogP contribution in [0.3, 0.4) is 0 Å². The molecular weight excluding hydrogens is 354 g/mol. The van der Waals surface area contributed by atoms with Crippen LogP contribution in [0.1, 0.15) is 31.8 Å². The average Bonchev–Trinajstić information content (AvgIpc) is 3.04. The lowest BCUT2D eigenvalue weighted by Crippen LogP contribution is -2.40. The fourth-order valence-corrected chi connectivity index (χ4v) is 2.79. The van der Waals surface area contributed by atoms with Crippen LogP contribution in [0.5, 0.6) is 0 Å². The first-order valence-electron chi connectivity index (χ1n) is 8.13. The fraction of sp³-hybridized carbons (Fsp3) is 0.211. The summed E-state index contributed by atoms with van der Waals surface area (Å²) in [7, 11) is 0. The van der Waals surface area contributed by atoms with E-state index in [-0.39, 0.29) is 23.2 Å². The summed E-state index contributed by atoms with van der Waals surface area (Å²) in [6.45, 7) is 2.55. The van der Waals surface area contributed by atoms with Crippen molar-refractivity contribution >= 4 is 28.6 Å². The molecule has 6 nitrogen and oxygen atoms in total. The van der Waals surface area contributed by atoms with Crippen molar-refractivity contribution in [3.8, 4) is 0 Å². The first kappa shape index (κ1) is 17.9. The minimum Gasteiger partial charge on any atom is -0.392 e. The Morgan fingerprint density at radius 1 is 1.15 bits per heavy atom. The average molecular weight is 372 g/mol. The summed E-state index contributed by atoms with van der Waals surface area (Å²) < 4.78 is 0. The van der Waals surface area contributed by atoms with Gasteiger partial charge in [0.1, 0.15) is 12.6 Å². The number of halogens is 1. The van der Waals surface area contributed by atoms with E-state index in [0.29, 0.717) is 12.1 Å². The predicted molar refractivity (Wildman–Crippen MR) is 99.3 cm³/mol. The Balaban J connectivity index is 1.70. The molecular formula is C19H18ClN3O3. The van der Waals surface area contributed by atoms with Gasteiger partial charge in [-0.15, -0.1) is 0 Å². The normalized spacial score (nSPS) is 15.8. The Labute approximate surface area is 156 Å². The Morgan fingerprint density at radius 3 is 2.54 bits per heavy atom. The van der Waals surface area contributed by atoms with Gasteiger partial charge >= 0.3 is 0 Å². The molecule has 134 valence electrons. The van der Waals surface area contributed by atoms with Gasteiger partial charge < -0.3 is 15.5 Å². The van der Waals surface area contributed by atoms with E-state index in [4.69, 9.17) is 16.4 Å². The summed E-state index contributed by atoms with van der Waals surface area (Å²) in [5.74, 6) is -0.727. The molecule has 1 atom stereocenters. The number of benzene rings is 2. The van der Waals surface area contributed by atoms with Crippen LogP contribution in [-0.4, -0.2) is 29.6 Å². The van der Waals surface area contributed by atoms with Crippen molar-refractivity contribution in [3.05, 3.63) is 70.8 Å². The van der Waals surface area contributed by atoms with Crippen molar-refractivity contribution in [2.75, 3.05) is 6.61 Å². The van der Waals surface area contributed by atoms with Gasteiger partial charge in [-0.2, -0.15) is 0 Å². The molecule has 2 aromatic rings. The third kappa shape index (κ3) is 4.21. The van der Waals surface area contributed by atoms with Gasteiger partial charge in [0.2, 0.25) is 0 Å². The maximum atomic E-state index is 12.6. The SMILES string of the molecule is Cc1cccc(CNC(=O)c2ccccc2C(=O)NC2CON=C2Cl)c1. The number of oxime groups is 1. The predicted octanol–water partition coefficient (Wildman–Crippen LogP) is 2.61. The minimum atomic E-state index is -0.507. The van der Waals surface area contributed by atoms with Crippen LogP contribution < -0.4 is 10.6 Å². The van der Waals surface area contributed by atoms with Gasteiger partial charge in [-0.05, 0) is 24.6 Å². The van der Waals surface area contributed by atoms with Crippen LogP contribution in [0.2, 0.25) is 0 Å². The van der Waals surface area contributed by atoms with Crippen molar-refractivity contribution < 1.29 is 14.4 Å². The van der Waals surface area contributed by atoms with Crippen molar-refractivity contribution in [2.24, 2.45) is 5.16 Å². The zero-order valence-corrected chi connectivity index (χ0v) is 14.9. The lowest BCUT2D eigenvalue weighted by molar-refractivity contribution is 0.0901. The Kier molecular flexibility index (Phi) is 5.53. The molecule has 2 aromatic carbocycles. The highest BCUT2D eigenvalue weighted by molar-refractivity contribution is 6.67. The van der Waals surface area contributed by atoms with E-state index in [1.807, 2.05) is 31.2 Å². The molecule has 7 heteroatoms. The second-order valence-electron chi connectivity index (χ2n) is 5.95. The van der Waals surface area contributed by atoms with E-state index < -0.39 is 11.9 Å². The lowest BCUT2D eigenvalue weighted by atomic mass is 10.1. The molecule has 0 radical (unpaired) electrons. The van der Waals surface area contributed by atoms with Crippen LogP contribution in [0, 0.1) is 6.92 Å². The van der Waals surface area contributed by atoms with Gasteiger partial charge in [0, 0.05) is 6.54 Å². The number of hydrogen-bond donors (Lipinski definition) is 2. The molecule has 1 aliphatic heterocycles. The second-order valence-corrected chi connectivity index (χ2v) is 6.34. The molecule has 1 unspecified atom stereocenters. The molecule has 0 aromatic heterocycles. The molecule has 0 saturated carbocycles. The van der Waals surface area contributed by atoms with Gasteiger partial charge in [-0.1, -0.05) is 58.7 Å². The number of rotatable bonds is 5. The number of aryl methyl sites for hydroxylation is 1. The number of nitrogens with zero attached hydrogens (tertiary/aromatic N) is 1. The quantitative estimate of drug-likeness (QED) is 0.847. The standard InChI is InChI=1S/C19H18ClN3O3/c1-12-5-4-6-13(9-12)10-21-18(24)14-7-2-3-8-15(14)19(25)22-16-11-26-23-17(16)20/h2-9,16H,10-11H2,1H3,(H,21,24)(H,22,25). The number of amides is 2. The summed E-state index contributed by atoms with van der Waals surface area (Å²) in [5, 5.41) is 9.32. The molecule has 1 heterocycles. The van der Waals surface area contributed by atoms with Crippen LogP contribution >= 0.6 is 11.6 Å². The number of carbonyl (C=O) groups is 2. The molecule has 0 aliphatic carbocycles. The molecule has 0 bridgehead atoms. The number of nitrogens with one attached hydrogen (secondary N) is 2. The maximum Gasteiger partial charge on any atom is 0.252 e. The third-order valence-corrected chi connectivity index (χ3v) is 4.27. The third-order valence-electron chi connectivity index (χ3n) is 3.94. The Hall–Kier alpha value is -2.86. The zero-order valence-electron chi connectivity index (χ0n) is 14.2. The van der Waals surface area contributed by atoms with Gasteiger partial charge in [-0.3, -0.25) is 9.59 Å². The Bertz CT molecular complexity index is 867. The van der Waals surface area contributed by atoms with Crippen LogP contribution in [0.25, 0.3) is 0 Å². The molecule has 3 rings (SSSR count). The fourth-order valence-electron chi connectivity index (χ4n) is 2.62. The largest absolute Gasteiger partial charge is 0.392 e. The molecule has 2 N–H and O–H groups in total. The number of hydrogen-bond acceptors (Lipinski definition) is 4. The van der Waals surface area contributed by atoms with E-state index in [0.717, 1.165) is 11.1 Å². The molecule has 1 aliphatic rings. The lowest BCUT2D eigenvalue weighted by Gasteiger charge is -2.13. The maximum absolute atomic E-state index is 12.6. The van der Waals surface area contributed by atoms with Crippen molar-refractivity contribution in [2.45, 2.75) is 19.5 Å². The van der Waals surface area contributed by atoms with E-state index in [1.54, 1.807) is 24.3 Å². The molecule has 0 fully saturated rings. The van der Waals surface area contributed by atoms with Crippen molar-refractivity contribution in [3.63, 3.8) is 0 Å². The molecule has 26 heavy (non-hydrogen) atoms. The highest BCUT2D eigenvalue weighted by atomic mass is 35.5. The molecule has 2 amide bonds. The summed E-state index contributed by atoms with van der Waals surface area (Å²) in [6.07, 6.45) is 0. The van der Waals surface area contributed by atoms with Gasteiger partial charge in [-0.25, -0.2) is 0 Å². The highest BCUT2D eigenvalue weighted by Gasteiger charge is 2.25. The van der Waals surface area contributed by atoms with Crippen LogP contribution in [0.15, 0.2) is 53.7 Å². The van der Waals surface area contributed by atoms with E-state index in [2.05, 4.69) is 15.8 Å². The van der Waals surface area contributed by atoms with E-state index >= 15 is 0 Å². The van der Waals surface area contributed by atoms with E-state index in [1.165, 1.54) is 0 Å². The monoisotopic (exact) mass is 371 g/mol. The topological polar surface area (TPSA) is 79.8 Å². The molecule has 0 spiro atoms. The van der Waals surface area contributed by atoms with Crippen LogP contribution in [0.4, 0.5) is 0 Å². The van der Waals surface area contributed by atoms with Crippen LogP contribution in [-0.2, 0) is 11.4 Å². The summed E-state index contributed by atoms with van der Waals surface area (Å²) in [6, 6.07) is 14.0. The molecule has 0 saturated heterocycles. The summed E-state index contributed by atoms with van der Waals surface area (Å²) >= 11 is 5.87. The minimum absolute atomic E-state index is 0.173. The van der Waals surface area contributed by atoms with E-state index in [9.17, 15) is 9.59 Å². The van der Waals surface area contributed by atoms with Crippen molar-refractivity contribution in [1.82, 2.24) is 10.6 Å². The summed E-state index contributed by atoms with van der Waals surface area (Å²) in [5.41, 5.74) is 2.68. The zero-order chi connectivity index (χ0) is 18.5.